The van der Waals surface area contributed by atoms with E-state index in [-0.39, 0.29) is 0 Å². The van der Waals surface area contributed by atoms with Gasteiger partial charge in [0, 0.05) is 3.57 Å². The summed E-state index contributed by atoms with van der Waals surface area (Å²) in [6.45, 7) is 0. The second-order valence-electron chi connectivity index (χ2n) is 2.62. The van der Waals surface area contributed by atoms with E-state index in [1.54, 1.807) is 12.4 Å². The first-order valence-electron chi connectivity index (χ1n) is 3.61. The van der Waals surface area contributed by atoms with Gasteiger partial charge in [0.2, 0.25) is 5.91 Å². The van der Waals surface area contributed by atoms with Crippen LogP contribution in [0.2, 0.25) is 0 Å². The Balaban J connectivity index is 2.76. The lowest BCUT2D eigenvalue weighted by Crippen LogP contribution is -2.12. The number of nitrogens with two attached hydrogens (primary N) is 1. The van der Waals surface area contributed by atoms with Crippen molar-refractivity contribution in [2.75, 3.05) is 0 Å². The van der Waals surface area contributed by atoms with Gasteiger partial charge in [0.15, 0.2) is 0 Å². The number of aromatic amines is 1. The minimum Gasteiger partial charge on any atom is -0.366 e. The number of primary amides is 1. The van der Waals surface area contributed by atoms with E-state index in [2.05, 4.69) is 32.6 Å². The quantitative estimate of drug-likeness (QED) is 0.775. The monoisotopic (exact) mass is 287 g/mol. The average Bonchev–Trinajstić information content (AvgIpc) is 2.48. The summed E-state index contributed by atoms with van der Waals surface area (Å²) in [7, 11) is 0. The van der Waals surface area contributed by atoms with Gasteiger partial charge in [-0.3, -0.25) is 4.79 Å². The van der Waals surface area contributed by atoms with Crippen LogP contribution in [0.3, 0.4) is 0 Å². The average molecular weight is 287 g/mol. The Morgan fingerprint density at radius 2 is 2.31 bits per heavy atom. The summed E-state index contributed by atoms with van der Waals surface area (Å²) in [6, 6.07) is 3.54. The third-order valence-electron chi connectivity index (χ3n) is 1.77. The number of benzene rings is 1. The molecule has 0 atom stereocenters. The summed E-state index contributed by atoms with van der Waals surface area (Å²) in [5, 5.41) is 0. The van der Waals surface area contributed by atoms with Crippen LogP contribution >= 0.6 is 22.6 Å². The highest BCUT2D eigenvalue weighted by molar-refractivity contribution is 14.1. The lowest BCUT2D eigenvalue weighted by molar-refractivity contribution is 0.0999. The number of aromatic nitrogens is 2. The summed E-state index contributed by atoms with van der Waals surface area (Å²) in [5.74, 6) is -0.422. The molecule has 4 nitrogen and oxygen atoms in total. The molecule has 2 aromatic rings. The lowest BCUT2D eigenvalue weighted by Gasteiger charge is -1.98. The molecule has 1 aromatic carbocycles. The summed E-state index contributed by atoms with van der Waals surface area (Å²) in [4.78, 5) is 18.0. The molecule has 1 heterocycles. The van der Waals surface area contributed by atoms with Crippen molar-refractivity contribution in [3.05, 3.63) is 27.6 Å². The Bertz CT molecular complexity index is 477. The fourth-order valence-corrected chi connectivity index (χ4v) is 1.88. The number of fused-ring (bicyclic) bond motifs is 1. The van der Waals surface area contributed by atoms with Crippen LogP contribution < -0.4 is 5.73 Å². The van der Waals surface area contributed by atoms with Crippen molar-refractivity contribution < 1.29 is 4.79 Å². The van der Waals surface area contributed by atoms with E-state index in [4.69, 9.17) is 5.73 Å². The van der Waals surface area contributed by atoms with E-state index in [1.165, 1.54) is 0 Å². The van der Waals surface area contributed by atoms with Crippen molar-refractivity contribution in [3.63, 3.8) is 0 Å². The molecule has 0 unspecified atom stereocenters. The smallest absolute Gasteiger partial charge is 0.249 e. The molecular formula is C8H6IN3O. The number of nitrogens with one attached hydrogen (secondary N) is 1. The zero-order valence-corrected chi connectivity index (χ0v) is 8.70. The van der Waals surface area contributed by atoms with E-state index in [0.29, 0.717) is 5.56 Å². The first-order valence-corrected chi connectivity index (χ1v) is 4.69. The highest BCUT2D eigenvalue weighted by Gasteiger charge is 2.08. The van der Waals surface area contributed by atoms with Crippen LogP contribution in [-0.2, 0) is 0 Å². The first kappa shape index (κ1) is 8.49. The zero-order valence-electron chi connectivity index (χ0n) is 6.54. The van der Waals surface area contributed by atoms with E-state index < -0.39 is 5.91 Å². The van der Waals surface area contributed by atoms with Crippen LogP contribution in [0.1, 0.15) is 10.4 Å². The predicted octanol–water partition coefficient (Wildman–Crippen LogP) is 1.27. The fraction of sp³-hybridized carbons (Fsp3) is 0. The summed E-state index contributed by atoms with van der Waals surface area (Å²) >= 11 is 2.07. The normalized spacial score (nSPS) is 10.5. The third-order valence-corrected chi connectivity index (χ3v) is 2.67. The molecular weight excluding hydrogens is 281 g/mol. The Morgan fingerprint density at radius 1 is 1.54 bits per heavy atom. The van der Waals surface area contributed by atoms with Gasteiger partial charge < -0.3 is 10.7 Å². The maximum absolute atomic E-state index is 11.0. The third kappa shape index (κ3) is 1.39. The number of carbonyl (C=O) groups is 1. The summed E-state index contributed by atoms with van der Waals surface area (Å²) in [5.41, 5.74) is 7.38. The van der Waals surface area contributed by atoms with Crippen LogP contribution in [0.25, 0.3) is 11.0 Å². The highest BCUT2D eigenvalue weighted by atomic mass is 127. The maximum Gasteiger partial charge on any atom is 0.249 e. The van der Waals surface area contributed by atoms with E-state index >= 15 is 0 Å². The topological polar surface area (TPSA) is 71.8 Å². The lowest BCUT2D eigenvalue weighted by atomic mass is 10.2. The van der Waals surface area contributed by atoms with E-state index in [9.17, 15) is 4.79 Å². The number of hydrogen-bond acceptors (Lipinski definition) is 2. The van der Waals surface area contributed by atoms with Crippen LogP contribution in [0.4, 0.5) is 0 Å². The van der Waals surface area contributed by atoms with Crippen molar-refractivity contribution >= 4 is 39.5 Å². The number of halogens is 1. The van der Waals surface area contributed by atoms with E-state index in [1.807, 2.05) is 6.07 Å². The Hall–Kier alpha value is -1.11. The van der Waals surface area contributed by atoms with Crippen LogP contribution in [-0.4, -0.2) is 15.9 Å². The molecule has 0 radical (unpaired) electrons. The minimum absolute atomic E-state index is 0.422. The number of amides is 1. The van der Waals surface area contributed by atoms with E-state index in [0.717, 1.165) is 14.6 Å². The number of H-pyrrole nitrogens is 1. The predicted molar refractivity (Wildman–Crippen MR) is 57.3 cm³/mol. The van der Waals surface area contributed by atoms with Gasteiger partial charge in [0.1, 0.15) is 0 Å². The Labute approximate surface area is 87.7 Å². The largest absolute Gasteiger partial charge is 0.366 e. The molecule has 0 saturated heterocycles. The molecule has 5 heteroatoms. The molecule has 0 aliphatic heterocycles. The molecule has 66 valence electrons. The summed E-state index contributed by atoms with van der Waals surface area (Å²) in [6.07, 6.45) is 1.59. The molecule has 0 aliphatic rings. The second kappa shape index (κ2) is 2.99. The van der Waals surface area contributed by atoms with Gasteiger partial charge in [-0.1, -0.05) is 0 Å². The molecule has 3 N–H and O–H groups in total. The number of carbonyl (C=O) groups excluding carboxylic acids is 1. The van der Waals surface area contributed by atoms with Crippen molar-refractivity contribution in [3.8, 4) is 0 Å². The van der Waals surface area contributed by atoms with Gasteiger partial charge in [-0.15, -0.1) is 0 Å². The molecule has 1 amide bonds. The number of rotatable bonds is 1. The molecule has 1 aromatic heterocycles. The molecule has 13 heavy (non-hydrogen) atoms. The Kier molecular flexibility index (Phi) is 1.95. The van der Waals surface area contributed by atoms with Crippen molar-refractivity contribution in [1.29, 1.82) is 0 Å². The van der Waals surface area contributed by atoms with Gasteiger partial charge >= 0.3 is 0 Å². The molecule has 0 fully saturated rings. The zero-order chi connectivity index (χ0) is 9.42. The number of imidazole rings is 1. The van der Waals surface area contributed by atoms with Gasteiger partial charge in [-0.25, -0.2) is 4.98 Å². The first-order chi connectivity index (χ1) is 6.18. The molecule has 0 bridgehead atoms. The van der Waals surface area contributed by atoms with Gasteiger partial charge in [-0.2, -0.15) is 0 Å². The molecule has 0 aliphatic carbocycles. The van der Waals surface area contributed by atoms with Gasteiger partial charge in [0.25, 0.3) is 0 Å². The van der Waals surface area contributed by atoms with Gasteiger partial charge in [-0.05, 0) is 34.7 Å². The number of hydrogen-bond donors (Lipinski definition) is 2. The van der Waals surface area contributed by atoms with Crippen molar-refractivity contribution in [2.24, 2.45) is 5.73 Å². The van der Waals surface area contributed by atoms with Crippen molar-refractivity contribution in [2.45, 2.75) is 0 Å². The summed E-state index contributed by atoms with van der Waals surface area (Å²) < 4.78 is 0.835. The number of nitrogens with zero attached hydrogens (tertiary/aromatic N) is 1. The van der Waals surface area contributed by atoms with Crippen LogP contribution in [0.15, 0.2) is 18.5 Å². The Morgan fingerprint density at radius 3 is 3.00 bits per heavy atom. The molecule has 2 rings (SSSR count). The van der Waals surface area contributed by atoms with Crippen LogP contribution in [0, 0.1) is 3.57 Å². The SMILES string of the molecule is NC(=O)c1cc2nc[nH]c2cc1I. The molecule has 0 saturated carbocycles. The fourth-order valence-electron chi connectivity index (χ4n) is 1.14. The standard InChI is InChI=1S/C8H6IN3O/c9-5-2-7-6(11-3-12-7)1-4(5)8(10)13/h1-3H,(H2,10,13)(H,11,12). The van der Waals surface area contributed by atoms with Crippen molar-refractivity contribution in [1.82, 2.24) is 9.97 Å². The maximum atomic E-state index is 11.0. The minimum atomic E-state index is -0.422. The highest BCUT2D eigenvalue weighted by Crippen LogP contribution is 2.18. The second-order valence-corrected chi connectivity index (χ2v) is 3.78. The van der Waals surface area contributed by atoms with Crippen LogP contribution in [0.5, 0.6) is 0 Å². The van der Waals surface area contributed by atoms with Gasteiger partial charge in [0.05, 0.1) is 22.9 Å². The molecule has 0 spiro atoms.